The van der Waals surface area contributed by atoms with Gasteiger partial charge in [-0.15, -0.1) is 0 Å². The van der Waals surface area contributed by atoms with Crippen LogP contribution < -0.4 is 0 Å². The second-order valence-electron chi connectivity index (χ2n) is 17.8. The van der Waals surface area contributed by atoms with Crippen molar-refractivity contribution in [2.24, 2.45) is 0 Å². The third-order valence-corrected chi connectivity index (χ3v) is 11.5. The summed E-state index contributed by atoms with van der Waals surface area (Å²) in [6.07, 6.45) is 63.4. The molecule has 0 heterocycles. The van der Waals surface area contributed by atoms with Gasteiger partial charge in [-0.1, -0.05) is 210 Å². The molecule has 1 atom stereocenters. The third-order valence-electron chi connectivity index (χ3n) is 11.5. The van der Waals surface area contributed by atoms with Crippen LogP contribution in [0, 0.1) is 0 Å². The van der Waals surface area contributed by atoms with Crippen molar-refractivity contribution in [2.45, 2.75) is 271 Å². The molecule has 0 N–H and O–H groups in total. The monoisotopic (exact) mass is 881 g/mol. The van der Waals surface area contributed by atoms with Gasteiger partial charge in [-0.25, -0.2) is 0 Å². The fourth-order valence-electron chi connectivity index (χ4n) is 7.42. The van der Waals surface area contributed by atoms with E-state index in [1.807, 2.05) is 0 Å². The van der Waals surface area contributed by atoms with Crippen LogP contribution in [0.1, 0.15) is 265 Å². The van der Waals surface area contributed by atoms with Crippen molar-refractivity contribution in [1.29, 1.82) is 0 Å². The molecule has 0 amide bonds. The first-order chi connectivity index (χ1) is 31.0. The molecule has 0 aliphatic carbocycles. The number of rotatable bonds is 48. The molecule has 0 aliphatic rings. The van der Waals surface area contributed by atoms with Crippen molar-refractivity contribution in [3.05, 3.63) is 60.8 Å². The molecule has 0 saturated carbocycles. The molecule has 0 aromatic carbocycles. The van der Waals surface area contributed by atoms with Gasteiger partial charge in [0.1, 0.15) is 13.2 Å². The zero-order valence-corrected chi connectivity index (χ0v) is 41.6. The number of unbranched alkanes of at least 4 members (excludes halogenated alkanes) is 29. The van der Waals surface area contributed by atoms with Gasteiger partial charge in [0.2, 0.25) is 0 Å². The van der Waals surface area contributed by atoms with Gasteiger partial charge in [0, 0.05) is 19.3 Å². The van der Waals surface area contributed by atoms with E-state index in [1.165, 1.54) is 128 Å². The zero-order valence-electron chi connectivity index (χ0n) is 41.6. The number of hydrogen-bond acceptors (Lipinski definition) is 6. The van der Waals surface area contributed by atoms with Gasteiger partial charge in [-0.05, 0) is 96.3 Å². The zero-order chi connectivity index (χ0) is 45.8. The number of allylic oxidation sites excluding steroid dienone is 10. The summed E-state index contributed by atoms with van der Waals surface area (Å²) in [6.45, 7) is 6.56. The molecule has 364 valence electrons. The van der Waals surface area contributed by atoms with Gasteiger partial charge in [0.25, 0.3) is 0 Å². The topological polar surface area (TPSA) is 78.9 Å². The van der Waals surface area contributed by atoms with Crippen LogP contribution in [0.4, 0.5) is 0 Å². The van der Waals surface area contributed by atoms with Crippen LogP contribution in [-0.4, -0.2) is 37.2 Å². The summed E-state index contributed by atoms with van der Waals surface area (Å²) in [4.78, 5) is 38.0. The maximum atomic E-state index is 12.8. The van der Waals surface area contributed by atoms with Gasteiger partial charge in [0.05, 0.1) is 0 Å². The Morgan fingerprint density at radius 3 is 0.937 bits per heavy atom. The van der Waals surface area contributed by atoms with Crippen molar-refractivity contribution in [1.82, 2.24) is 0 Å². The lowest BCUT2D eigenvalue weighted by molar-refractivity contribution is -0.167. The Balaban J connectivity index is 4.46. The summed E-state index contributed by atoms with van der Waals surface area (Å²) < 4.78 is 16.8. The lowest BCUT2D eigenvalue weighted by atomic mass is 10.1. The van der Waals surface area contributed by atoms with Gasteiger partial charge in [-0.2, -0.15) is 0 Å². The van der Waals surface area contributed by atoms with E-state index >= 15 is 0 Å². The van der Waals surface area contributed by atoms with E-state index in [9.17, 15) is 14.4 Å². The standard InChI is InChI=1S/C57H100O6/c1-4-7-10-13-16-19-22-25-28-30-32-35-38-41-44-47-50-56(59)62-53-54(52-61-55(58)49-46-43-40-37-34-31-27-24-21-18-15-12-9-6-3)63-57(60)51-48-45-42-39-36-33-29-26-23-20-17-14-11-8-5-2/h17,20,23,26,28,30-32,34-35,54H,4-16,18-19,21-22,24-25,27,29,33,36-53H2,1-3H3/b20-17-,26-23-,30-28-,34-31-,35-32-. The Bertz CT molecular complexity index is 1150. The molecule has 0 aliphatic heterocycles. The van der Waals surface area contributed by atoms with Crippen LogP contribution >= 0.6 is 0 Å². The minimum atomic E-state index is -0.796. The normalized spacial score (nSPS) is 12.5. The molecule has 0 aromatic rings. The van der Waals surface area contributed by atoms with E-state index in [0.717, 1.165) is 96.3 Å². The van der Waals surface area contributed by atoms with Gasteiger partial charge in [0.15, 0.2) is 6.10 Å². The number of esters is 3. The minimum Gasteiger partial charge on any atom is -0.462 e. The molecule has 6 nitrogen and oxygen atoms in total. The average Bonchev–Trinajstić information content (AvgIpc) is 3.28. The highest BCUT2D eigenvalue weighted by atomic mass is 16.6. The van der Waals surface area contributed by atoms with Crippen molar-refractivity contribution in [3.63, 3.8) is 0 Å². The molecule has 0 fully saturated rings. The maximum Gasteiger partial charge on any atom is 0.306 e. The van der Waals surface area contributed by atoms with Crippen molar-refractivity contribution < 1.29 is 28.6 Å². The van der Waals surface area contributed by atoms with Crippen LogP contribution in [0.3, 0.4) is 0 Å². The van der Waals surface area contributed by atoms with Gasteiger partial charge >= 0.3 is 17.9 Å². The Labute approximate surface area is 390 Å². The van der Waals surface area contributed by atoms with Crippen molar-refractivity contribution in [3.8, 4) is 0 Å². The highest BCUT2D eigenvalue weighted by molar-refractivity contribution is 5.71. The van der Waals surface area contributed by atoms with Gasteiger partial charge in [-0.3, -0.25) is 14.4 Å². The number of carbonyl (C=O) groups is 3. The SMILES string of the molecule is CCCCC/C=C\C=C/CCCCCCCCC(=O)OC(COC(=O)CCCCC/C=C\C=C/CCCCCCCCC)COC(=O)CCCCC/C=C\CCCCCCCCC. The number of carbonyl (C=O) groups excluding carboxylic acids is 3. The summed E-state index contributed by atoms with van der Waals surface area (Å²) in [5.74, 6) is -0.943. The van der Waals surface area contributed by atoms with E-state index in [4.69, 9.17) is 14.2 Å². The minimum absolute atomic E-state index is 0.0951. The summed E-state index contributed by atoms with van der Waals surface area (Å²) in [5.41, 5.74) is 0. The van der Waals surface area contributed by atoms with Crippen LogP contribution in [0.15, 0.2) is 60.8 Å². The third kappa shape index (κ3) is 50.0. The van der Waals surface area contributed by atoms with E-state index in [0.29, 0.717) is 19.3 Å². The Morgan fingerprint density at radius 1 is 0.317 bits per heavy atom. The molecule has 1 unspecified atom stereocenters. The predicted octanol–water partition coefficient (Wildman–Crippen LogP) is 17.6. The Morgan fingerprint density at radius 2 is 0.571 bits per heavy atom. The Kier molecular flexibility index (Phi) is 49.4. The highest BCUT2D eigenvalue weighted by Crippen LogP contribution is 2.14. The lowest BCUT2D eigenvalue weighted by Crippen LogP contribution is -2.30. The van der Waals surface area contributed by atoms with Crippen molar-refractivity contribution >= 4 is 17.9 Å². The highest BCUT2D eigenvalue weighted by Gasteiger charge is 2.19. The molecule has 63 heavy (non-hydrogen) atoms. The lowest BCUT2D eigenvalue weighted by Gasteiger charge is -2.18. The van der Waals surface area contributed by atoms with Crippen LogP contribution in [0.2, 0.25) is 0 Å². The first-order valence-electron chi connectivity index (χ1n) is 26.8. The molecule has 0 bridgehead atoms. The Hall–Kier alpha value is -2.89. The molecule has 0 aromatic heterocycles. The summed E-state index contributed by atoms with van der Waals surface area (Å²) in [7, 11) is 0. The maximum absolute atomic E-state index is 12.8. The summed E-state index contributed by atoms with van der Waals surface area (Å²) in [5, 5.41) is 0. The van der Waals surface area contributed by atoms with E-state index < -0.39 is 6.10 Å². The largest absolute Gasteiger partial charge is 0.462 e. The van der Waals surface area contributed by atoms with Crippen LogP contribution in [0.5, 0.6) is 0 Å². The summed E-state index contributed by atoms with van der Waals surface area (Å²) >= 11 is 0. The summed E-state index contributed by atoms with van der Waals surface area (Å²) in [6, 6.07) is 0. The van der Waals surface area contributed by atoms with E-state index in [1.54, 1.807) is 0 Å². The smallest absolute Gasteiger partial charge is 0.306 e. The molecule has 0 spiro atoms. The van der Waals surface area contributed by atoms with Crippen molar-refractivity contribution in [2.75, 3.05) is 13.2 Å². The van der Waals surface area contributed by atoms with E-state index in [-0.39, 0.29) is 31.1 Å². The first kappa shape index (κ1) is 60.1. The molecular weight excluding hydrogens is 781 g/mol. The second kappa shape index (κ2) is 51.7. The number of ether oxygens (including phenoxy) is 3. The molecule has 0 radical (unpaired) electrons. The number of hydrogen-bond donors (Lipinski definition) is 0. The van der Waals surface area contributed by atoms with Crippen LogP contribution in [0.25, 0.3) is 0 Å². The molecular formula is C57H100O6. The fourth-order valence-corrected chi connectivity index (χ4v) is 7.42. The molecule has 0 rings (SSSR count). The second-order valence-corrected chi connectivity index (χ2v) is 17.8. The van der Waals surface area contributed by atoms with Gasteiger partial charge < -0.3 is 14.2 Å². The molecule has 6 heteroatoms. The van der Waals surface area contributed by atoms with E-state index in [2.05, 4.69) is 81.5 Å². The quantitative estimate of drug-likeness (QED) is 0.0199. The fraction of sp³-hybridized carbons (Fsp3) is 0.772. The first-order valence-corrected chi connectivity index (χ1v) is 26.8. The molecule has 0 saturated heterocycles. The van der Waals surface area contributed by atoms with Crippen LogP contribution in [-0.2, 0) is 28.6 Å². The average molecular weight is 881 g/mol. The predicted molar refractivity (Wildman–Crippen MR) is 270 cm³/mol.